The number of benzene rings is 3. The van der Waals surface area contributed by atoms with Crippen molar-refractivity contribution >= 4 is 35.0 Å². The number of hydrogen-bond acceptors (Lipinski definition) is 5. The van der Waals surface area contributed by atoms with Crippen molar-refractivity contribution in [3.05, 3.63) is 99.3 Å². The molecule has 40 heavy (non-hydrogen) atoms. The molecule has 1 aromatic heterocycles. The lowest BCUT2D eigenvalue weighted by Crippen LogP contribution is -2.43. The van der Waals surface area contributed by atoms with E-state index in [1.165, 1.54) is 23.7 Å². The largest absolute Gasteiger partial charge is 0.497 e. The van der Waals surface area contributed by atoms with Gasteiger partial charge >= 0.3 is 0 Å². The summed E-state index contributed by atoms with van der Waals surface area (Å²) in [4.78, 5) is 32.7. The van der Waals surface area contributed by atoms with Gasteiger partial charge in [-0.1, -0.05) is 73.0 Å². The first kappa shape index (κ1) is 26.7. The zero-order valence-electron chi connectivity index (χ0n) is 22.3. The van der Waals surface area contributed by atoms with Gasteiger partial charge in [0.2, 0.25) is 5.91 Å². The third kappa shape index (κ3) is 5.04. The zero-order valence-corrected chi connectivity index (χ0v) is 23.9. The third-order valence-corrected chi connectivity index (χ3v) is 9.16. The van der Waals surface area contributed by atoms with E-state index < -0.39 is 0 Å². The molecule has 204 valence electrons. The van der Waals surface area contributed by atoms with Gasteiger partial charge in [-0.2, -0.15) is 0 Å². The van der Waals surface area contributed by atoms with Gasteiger partial charge < -0.3 is 10.1 Å². The van der Waals surface area contributed by atoms with Crippen molar-refractivity contribution in [1.29, 1.82) is 0 Å². The van der Waals surface area contributed by atoms with Crippen LogP contribution < -0.4 is 15.6 Å². The average Bonchev–Trinajstić information content (AvgIpc) is 2.97. The summed E-state index contributed by atoms with van der Waals surface area (Å²) in [6, 6.07) is 22.7. The Morgan fingerprint density at radius 3 is 2.60 bits per heavy atom. The zero-order chi connectivity index (χ0) is 27.7. The van der Waals surface area contributed by atoms with Gasteiger partial charge in [0.25, 0.3) is 5.56 Å². The Hall–Kier alpha value is -3.55. The number of rotatable bonds is 6. The number of amides is 1. The normalized spacial score (nSPS) is 15.2. The Morgan fingerprint density at radius 1 is 1.05 bits per heavy atom. The first-order chi connectivity index (χ1) is 19.5. The van der Waals surface area contributed by atoms with E-state index in [-0.39, 0.29) is 22.6 Å². The van der Waals surface area contributed by atoms with Crippen LogP contribution >= 0.6 is 23.4 Å². The van der Waals surface area contributed by atoms with E-state index in [2.05, 4.69) is 23.5 Å². The summed E-state index contributed by atoms with van der Waals surface area (Å²) < 4.78 is 7.15. The Morgan fingerprint density at radius 2 is 1.82 bits per heavy atom. The number of nitrogens with zero attached hydrogens (tertiary/aromatic N) is 2. The predicted octanol–water partition coefficient (Wildman–Crippen LogP) is 7.05. The quantitative estimate of drug-likeness (QED) is 0.198. The molecule has 0 unspecified atom stereocenters. The highest BCUT2D eigenvalue weighted by Crippen LogP contribution is 2.49. The number of thioether (sulfide) groups is 1. The van der Waals surface area contributed by atoms with Crippen LogP contribution in [0.15, 0.2) is 82.7 Å². The van der Waals surface area contributed by atoms with E-state index in [9.17, 15) is 9.59 Å². The predicted molar refractivity (Wildman–Crippen MR) is 161 cm³/mol. The SMILES string of the molecule is COc1cccc(-n2c(SCC(=O)Nc3ccc(Cl)cc3)nc3c(c2=O)C2(CCCCC2)Cc2ccccc2-3)c1. The molecule has 8 heteroatoms. The molecular weight excluding hydrogens is 542 g/mol. The second kappa shape index (κ2) is 11.1. The minimum Gasteiger partial charge on any atom is -0.497 e. The summed E-state index contributed by atoms with van der Waals surface area (Å²) in [5.41, 5.74) is 4.85. The number of aromatic nitrogens is 2. The number of nitrogens with one attached hydrogen (secondary N) is 1. The van der Waals surface area contributed by atoms with Crippen molar-refractivity contribution in [2.45, 2.75) is 49.1 Å². The van der Waals surface area contributed by atoms with E-state index >= 15 is 0 Å². The monoisotopic (exact) mass is 571 g/mol. The maximum absolute atomic E-state index is 14.6. The lowest BCUT2D eigenvalue weighted by molar-refractivity contribution is -0.113. The molecule has 1 spiro atoms. The summed E-state index contributed by atoms with van der Waals surface area (Å²) in [5, 5.41) is 3.98. The standard InChI is InChI=1S/C32H30ClN3O3S/c1-39-25-10-7-9-24(18-25)36-30(38)28-29(26-11-4-3-8-21(26)19-32(28)16-5-2-6-17-32)35-31(36)40-20-27(37)34-23-14-12-22(33)13-15-23/h3-4,7-15,18H,2,5-6,16-17,19-20H2,1H3,(H,34,37). The lowest BCUT2D eigenvalue weighted by Gasteiger charge is -2.42. The molecule has 0 saturated heterocycles. The number of halogens is 1. The Balaban J connectivity index is 1.47. The summed E-state index contributed by atoms with van der Waals surface area (Å²) in [7, 11) is 1.61. The molecule has 1 amide bonds. The van der Waals surface area contributed by atoms with E-state index in [0.717, 1.165) is 48.9 Å². The van der Waals surface area contributed by atoms with Gasteiger partial charge in [0.15, 0.2) is 5.16 Å². The number of ether oxygens (including phenoxy) is 1. The summed E-state index contributed by atoms with van der Waals surface area (Å²) >= 11 is 7.24. The topological polar surface area (TPSA) is 73.2 Å². The fraction of sp³-hybridized carbons (Fsp3) is 0.281. The van der Waals surface area contributed by atoms with Crippen LogP contribution in [0.4, 0.5) is 5.69 Å². The number of carbonyl (C=O) groups is 1. The molecule has 0 bridgehead atoms. The van der Waals surface area contributed by atoms with Crippen LogP contribution in [0.5, 0.6) is 5.75 Å². The van der Waals surface area contributed by atoms with Crippen molar-refractivity contribution < 1.29 is 9.53 Å². The number of methoxy groups -OCH3 is 1. The number of carbonyl (C=O) groups excluding carboxylic acids is 1. The van der Waals surface area contributed by atoms with Gasteiger partial charge in [0, 0.05) is 27.8 Å². The third-order valence-electron chi connectivity index (χ3n) is 7.97. The van der Waals surface area contributed by atoms with Crippen LogP contribution in [0.2, 0.25) is 5.02 Å². The van der Waals surface area contributed by atoms with Crippen LogP contribution in [0.1, 0.15) is 43.2 Å². The smallest absolute Gasteiger partial charge is 0.263 e. The maximum Gasteiger partial charge on any atom is 0.263 e. The number of anilines is 1. The van der Waals surface area contributed by atoms with E-state index in [0.29, 0.717) is 27.3 Å². The molecule has 0 radical (unpaired) electrons. The van der Waals surface area contributed by atoms with Gasteiger partial charge in [-0.25, -0.2) is 4.98 Å². The molecule has 0 aliphatic heterocycles. The lowest BCUT2D eigenvalue weighted by atomic mass is 9.62. The molecule has 1 fully saturated rings. The highest BCUT2D eigenvalue weighted by molar-refractivity contribution is 7.99. The molecular formula is C32H30ClN3O3S. The molecule has 6 nitrogen and oxygen atoms in total. The molecule has 3 aromatic carbocycles. The van der Waals surface area contributed by atoms with E-state index in [1.807, 2.05) is 30.3 Å². The van der Waals surface area contributed by atoms with Gasteiger partial charge in [0.1, 0.15) is 5.75 Å². The summed E-state index contributed by atoms with van der Waals surface area (Å²) in [6.45, 7) is 0. The van der Waals surface area contributed by atoms with E-state index in [1.54, 1.807) is 35.9 Å². The fourth-order valence-corrected chi connectivity index (χ4v) is 7.05. The summed E-state index contributed by atoms with van der Waals surface area (Å²) in [5.74, 6) is 0.543. The molecule has 4 aromatic rings. The van der Waals surface area contributed by atoms with E-state index in [4.69, 9.17) is 21.3 Å². The first-order valence-electron chi connectivity index (χ1n) is 13.6. The van der Waals surface area contributed by atoms with Crippen molar-refractivity contribution in [1.82, 2.24) is 9.55 Å². The minimum absolute atomic E-state index is 0.0599. The first-order valence-corrected chi connectivity index (χ1v) is 14.9. The molecule has 1 saturated carbocycles. The maximum atomic E-state index is 14.6. The van der Waals surface area contributed by atoms with Crippen molar-refractivity contribution in [2.24, 2.45) is 0 Å². The number of hydrogen-bond donors (Lipinski definition) is 1. The van der Waals surface area contributed by atoms with Crippen LogP contribution in [-0.2, 0) is 16.6 Å². The molecule has 0 atom stereocenters. The molecule has 1 N–H and O–H groups in total. The Labute approximate surface area is 242 Å². The van der Waals surface area contributed by atoms with Crippen LogP contribution in [0, 0.1) is 0 Å². The van der Waals surface area contributed by atoms with Crippen molar-refractivity contribution in [2.75, 3.05) is 18.2 Å². The van der Waals surface area contributed by atoms with Crippen molar-refractivity contribution in [3.8, 4) is 22.7 Å². The van der Waals surface area contributed by atoms with Crippen LogP contribution in [0.25, 0.3) is 16.9 Å². The highest BCUT2D eigenvalue weighted by atomic mass is 35.5. The fourth-order valence-electron chi connectivity index (χ4n) is 6.12. The average molecular weight is 572 g/mol. The Kier molecular flexibility index (Phi) is 7.43. The van der Waals surface area contributed by atoms with Gasteiger partial charge in [-0.15, -0.1) is 0 Å². The molecule has 2 aliphatic rings. The molecule has 1 heterocycles. The van der Waals surface area contributed by atoms with Crippen LogP contribution in [0.3, 0.4) is 0 Å². The van der Waals surface area contributed by atoms with Gasteiger partial charge in [-0.05, 0) is 61.2 Å². The van der Waals surface area contributed by atoms with Crippen molar-refractivity contribution in [3.63, 3.8) is 0 Å². The second-order valence-electron chi connectivity index (χ2n) is 10.5. The van der Waals surface area contributed by atoms with Crippen LogP contribution in [-0.4, -0.2) is 28.3 Å². The summed E-state index contributed by atoms with van der Waals surface area (Å²) in [6.07, 6.45) is 6.18. The molecule has 2 aliphatic carbocycles. The van der Waals surface area contributed by atoms with Gasteiger partial charge in [0.05, 0.1) is 29.8 Å². The van der Waals surface area contributed by atoms with Gasteiger partial charge in [-0.3, -0.25) is 14.2 Å². The highest BCUT2D eigenvalue weighted by Gasteiger charge is 2.43. The second-order valence-corrected chi connectivity index (χ2v) is 11.9. The minimum atomic E-state index is -0.234. The Bertz CT molecular complexity index is 1630. The number of fused-ring (bicyclic) bond motifs is 4. The molecule has 6 rings (SSSR count).